The molecule has 18 nitrogen and oxygen atoms in total. The number of nitrogens with one attached hydrogen (secondary N) is 1. The van der Waals surface area contributed by atoms with Crippen molar-refractivity contribution in [1.82, 2.24) is 29.8 Å². The summed E-state index contributed by atoms with van der Waals surface area (Å²) in [5.41, 5.74) is -0.0787. The van der Waals surface area contributed by atoms with Gasteiger partial charge in [0.25, 0.3) is 0 Å². The zero-order valence-electron chi connectivity index (χ0n) is 80.7. The predicted molar refractivity (Wildman–Crippen MR) is 575 cm³/mol. The third-order valence-corrected chi connectivity index (χ3v) is 27.3. The number of phenols is 1. The van der Waals surface area contributed by atoms with E-state index in [-0.39, 0.29) is 55.2 Å². The number of carbonyl (C=O) groups excluding carboxylic acids is 3. The monoisotopic (exact) mass is 2330 g/mol. The topological polar surface area (TPSA) is 185 Å². The number of ether oxygens (including phenoxy) is 7. The number of aromatic hydroxyl groups is 1. The van der Waals surface area contributed by atoms with Gasteiger partial charge >= 0.3 is 30.4 Å². The molecule has 7 aliphatic rings. The van der Waals surface area contributed by atoms with Crippen molar-refractivity contribution in [3.63, 3.8) is 0 Å². The summed E-state index contributed by atoms with van der Waals surface area (Å²) in [4.78, 5) is 46.4. The number of amides is 1. The molecular formula is C105H130Br2Cl9F3ILiN6O12. The first-order valence-electron chi connectivity index (χ1n) is 45.8. The summed E-state index contributed by atoms with van der Waals surface area (Å²) in [6, 6.07) is 63.2. The summed E-state index contributed by atoms with van der Waals surface area (Å²) in [6.45, 7) is 20.0. The second kappa shape index (κ2) is 64.6. The molecule has 0 saturated carbocycles. The van der Waals surface area contributed by atoms with Crippen LogP contribution in [0, 0.1) is 6.92 Å². The number of phenolic OH excluding ortho intramolecular Hbond substituents is 1. The summed E-state index contributed by atoms with van der Waals surface area (Å²) in [5, 5.41) is 26.7. The fourth-order valence-corrected chi connectivity index (χ4v) is 19.6. The average Bonchev–Trinajstić information content (AvgIpc) is 1.76. The SMILES string of the molecule is CC(Cl)OC(=O)Cl.CCOC(=O)N1C2CCC1CC(N1CCC(F)(c3cc(Cl)ccc3OC)CC1)C2.CI.COc1ccc(Cl)cc1Br.COc1ccc(Cl)cc1C1(F)CCN(Cc2ccccc2)CC1.COc1ccc(Cl)cc1C1(F)CCNCC1.COc1ccc(Cl)cc1C1(O)CCN(Cc2ccccc2)CC1.Cl.O=C1CCN(Cc2ccccc2)CC1.Oc1ccc(Cl)cc1Br.[CH2-]CCC.[Li+]. The molecule has 0 aliphatic carbocycles. The van der Waals surface area contributed by atoms with Crippen molar-refractivity contribution in [3.05, 3.63) is 285 Å². The van der Waals surface area contributed by atoms with E-state index in [4.69, 9.17) is 126 Å². The predicted octanol–water partition coefficient (Wildman–Crippen LogP) is 26.1. The molecule has 3 atom stereocenters. The quantitative estimate of drug-likeness (QED) is 0.0228. The van der Waals surface area contributed by atoms with Crippen LogP contribution in [0.4, 0.5) is 22.8 Å². The van der Waals surface area contributed by atoms with E-state index in [1.165, 1.54) is 36.1 Å². The van der Waals surface area contributed by atoms with Crippen molar-refractivity contribution in [2.24, 2.45) is 0 Å². The minimum Gasteiger partial charge on any atom is -0.507 e. The Hall–Kier alpha value is -5.36. The second-order valence-electron chi connectivity index (χ2n) is 33.7. The summed E-state index contributed by atoms with van der Waals surface area (Å²) >= 11 is 53.9. The number of piperidine rings is 6. The number of Topliss-reactive ketones (excluding diaryl/α,β-unsaturated/α-hetero) is 1. The number of methoxy groups -OCH3 is 5. The molecule has 139 heavy (non-hydrogen) atoms. The van der Waals surface area contributed by atoms with Gasteiger partial charge in [-0.1, -0.05) is 208 Å². The molecule has 0 spiro atoms. The molecule has 1 amide bonds. The van der Waals surface area contributed by atoms with E-state index in [0.29, 0.717) is 170 Å². The van der Waals surface area contributed by atoms with Gasteiger partial charge in [-0.15, -0.1) is 12.4 Å². The minimum atomic E-state index is -1.42. The average molecular weight is 2340 g/mol. The molecule has 34 heteroatoms. The van der Waals surface area contributed by atoms with Crippen LogP contribution in [0.25, 0.3) is 0 Å². The maximum Gasteiger partial charge on any atom is 1.00 e. The first-order chi connectivity index (χ1) is 65.6. The number of likely N-dealkylation sites (tertiary alicyclic amines) is 4. The molecule has 7 saturated heterocycles. The fraction of sp³-hybridized carbons (Fsp3) is 0.448. The maximum atomic E-state index is 15.9. The van der Waals surface area contributed by atoms with E-state index >= 15 is 8.78 Å². The van der Waals surface area contributed by atoms with Gasteiger partial charge in [0.15, 0.2) is 5.56 Å². The Morgan fingerprint density at radius 1 is 0.489 bits per heavy atom. The molecule has 3 unspecified atom stereocenters. The molecular weight excluding hydrogens is 2210 g/mol. The molecule has 7 fully saturated rings. The maximum absolute atomic E-state index is 15.9. The number of hydrogen-bond acceptors (Lipinski definition) is 17. The number of carbonyl (C=O) groups is 3. The van der Waals surface area contributed by atoms with Crippen LogP contribution in [0.2, 0.25) is 30.1 Å². The number of aliphatic hydroxyl groups is 1. The first-order valence-corrected chi connectivity index (χ1v) is 52.6. The van der Waals surface area contributed by atoms with Crippen molar-refractivity contribution in [2.45, 2.75) is 189 Å². The largest absolute Gasteiger partial charge is 1.00 e. The standard InChI is InChI=1S/C22H30ClFN2O3.C19H21ClFNO.C19H22ClNO2.C12H15ClFNO.C12H15NO.C7H6BrClO.C6H4BrClO.C4H9.C3H4Cl2O2.CH3I.ClH.Li/c1-3-29-21(27)26-16-5-6-17(26)14-18(13-16)25-10-8-22(24,9-11-25)19-12-15(23)4-7-20(19)28-2;1-23-18-8-7-16(20)13-17(18)19(21)9-11-22(12-10-19)14-15-5-3-2-4-6-15;1-23-18-8-7-16(20)13-17(18)19(22)9-11-21(12-10-19)14-15-5-3-2-4-6-15;1-16-11-3-2-9(13)8-10(11)12(14)4-6-15-7-5-12;14-12-6-8-13(9-7-12)10-11-4-2-1-3-5-11;1-10-7-3-2-5(9)4-6(7)8;7-5-3-4(8)1-2-6(5)9;1-3-4-2;1-2(4)7-3(5)6;1-2;;/h4,7,12,16-18H,3,5-6,8-11,13-14H2,1-2H3;2-8,13H,9-12,14H2,1H3;2-8,13,22H,9-12,14H2,1H3;2-3,8,15H,4-7H2,1H3;1-5H,6-10H2;2-4H,1H3;1-3,9H;1,3-4H2,2H3;2H,1H3;1H3;1H;/q;;;;;;;-1;;;;+1. The van der Waals surface area contributed by atoms with Crippen molar-refractivity contribution in [3.8, 4) is 34.5 Å². The molecule has 7 aliphatic heterocycles. The van der Waals surface area contributed by atoms with Gasteiger partial charge in [-0.25, -0.2) is 22.8 Å². The van der Waals surface area contributed by atoms with E-state index in [9.17, 15) is 23.9 Å². The molecule has 3 N–H and O–H groups in total. The van der Waals surface area contributed by atoms with E-state index in [0.717, 1.165) is 120 Å². The number of rotatable bonds is 19. The Kier molecular flexibility index (Phi) is 57.7. The van der Waals surface area contributed by atoms with Crippen LogP contribution in [0.15, 0.2) is 209 Å². The van der Waals surface area contributed by atoms with E-state index in [1.807, 2.05) is 65.3 Å². The molecule has 0 aromatic heterocycles. The number of ketones is 1. The first kappa shape index (κ1) is 124. The third-order valence-electron chi connectivity index (χ3n) is 24.4. The normalized spacial score (nSPS) is 18.3. The second-order valence-corrected chi connectivity index (χ2v) is 38.9. The Labute approximate surface area is 909 Å². The molecule has 2 bridgehead atoms. The van der Waals surface area contributed by atoms with Crippen LogP contribution >= 0.6 is 160 Å². The number of alkyl halides is 5. The number of benzene rings is 9. The zero-order chi connectivity index (χ0) is 100. The van der Waals surface area contributed by atoms with Crippen LogP contribution in [-0.2, 0) is 56.5 Å². The van der Waals surface area contributed by atoms with Gasteiger partial charge in [-0.05, 0) is 267 Å². The molecule has 16 rings (SSSR count). The summed E-state index contributed by atoms with van der Waals surface area (Å²) in [6.07, 6.45) is 11.6. The Bertz CT molecular complexity index is 4970. The Morgan fingerprint density at radius 3 is 1.14 bits per heavy atom. The molecule has 758 valence electrons. The van der Waals surface area contributed by atoms with Gasteiger partial charge in [0.1, 0.15) is 57.3 Å². The van der Waals surface area contributed by atoms with Crippen molar-refractivity contribution in [2.75, 3.05) is 113 Å². The van der Waals surface area contributed by atoms with Crippen molar-refractivity contribution >= 4 is 177 Å². The number of unbranched alkanes of at least 4 members (excludes halogenated alkanes) is 1. The van der Waals surface area contributed by atoms with E-state index in [1.54, 1.807) is 120 Å². The molecule has 9 aromatic rings. The number of halogens is 15. The number of fused-ring (bicyclic) bond motifs is 2. The van der Waals surface area contributed by atoms with Crippen LogP contribution in [-0.4, -0.2) is 188 Å². The summed E-state index contributed by atoms with van der Waals surface area (Å²) < 4.78 is 83.3. The van der Waals surface area contributed by atoms with Crippen LogP contribution < -0.4 is 47.9 Å². The van der Waals surface area contributed by atoms with Crippen LogP contribution in [0.3, 0.4) is 0 Å². The summed E-state index contributed by atoms with van der Waals surface area (Å²) in [5.74, 6) is 3.83. The molecule has 7 heterocycles. The zero-order valence-corrected chi connectivity index (χ0v) is 92.9. The molecule has 9 aromatic carbocycles. The van der Waals surface area contributed by atoms with Gasteiger partial charge in [0.2, 0.25) is 0 Å². The smallest absolute Gasteiger partial charge is 0.507 e. The van der Waals surface area contributed by atoms with Gasteiger partial charge in [0.05, 0.1) is 56.7 Å². The van der Waals surface area contributed by atoms with E-state index < -0.39 is 33.6 Å². The van der Waals surface area contributed by atoms with Gasteiger partial charge in [0, 0.05) is 167 Å². The number of nitrogens with zero attached hydrogens (tertiary/aromatic N) is 5. The minimum absolute atomic E-state index is 0. The molecule has 0 radical (unpaired) electrons. The fourth-order valence-electron chi connectivity index (χ4n) is 17.1. The Morgan fingerprint density at radius 2 is 0.813 bits per heavy atom. The summed E-state index contributed by atoms with van der Waals surface area (Å²) in [7, 11) is 7.94. The number of hydrogen-bond donors (Lipinski definition) is 3. The van der Waals surface area contributed by atoms with E-state index in [2.05, 4.69) is 159 Å². The van der Waals surface area contributed by atoms with Crippen LogP contribution in [0.1, 0.15) is 162 Å². The van der Waals surface area contributed by atoms with Crippen molar-refractivity contribution in [1.29, 1.82) is 0 Å². The third kappa shape index (κ3) is 40.8. The van der Waals surface area contributed by atoms with Crippen molar-refractivity contribution < 1.29 is 89.8 Å². The Balaban J connectivity index is 0.000000286. The van der Waals surface area contributed by atoms with Crippen LogP contribution in [0.5, 0.6) is 34.5 Å². The van der Waals surface area contributed by atoms with Gasteiger partial charge in [-0.3, -0.25) is 24.4 Å². The van der Waals surface area contributed by atoms with Gasteiger partial charge in [-0.2, -0.15) is 6.42 Å². The van der Waals surface area contributed by atoms with Gasteiger partial charge < -0.3 is 60.5 Å².